The summed E-state index contributed by atoms with van der Waals surface area (Å²) in [7, 11) is 1.36. The first-order valence-electron chi connectivity index (χ1n) is 4.02. The highest BCUT2D eigenvalue weighted by molar-refractivity contribution is 9.10. The van der Waals surface area contributed by atoms with Gasteiger partial charge < -0.3 is 4.74 Å². The van der Waals surface area contributed by atoms with Crippen LogP contribution in [0.3, 0.4) is 0 Å². The van der Waals surface area contributed by atoms with Crippen molar-refractivity contribution in [3.63, 3.8) is 0 Å². The van der Waals surface area contributed by atoms with E-state index in [-0.39, 0.29) is 5.97 Å². The predicted octanol–water partition coefficient (Wildman–Crippen LogP) is 3.51. The van der Waals surface area contributed by atoms with Crippen molar-refractivity contribution in [2.24, 2.45) is 0 Å². The Balaban J connectivity index is 3.44. The molecular formula is C10H10BrClO2. The Labute approximate surface area is 96.3 Å². The lowest BCUT2D eigenvalue weighted by Crippen LogP contribution is -2.07. The van der Waals surface area contributed by atoms with Crippen LogP contribution in [0.2, 0.25) is 5.02 Å². The molecule has 1 aromatic carbocycles. The van der Waals surface area contributed by atoms with E-state index >= 15 is 0 Å². The van der Waals surface area contributed by atoms with Crippen LogP contribution in [0, 0.1) is 13.8 Å². The highest BCUT2D eigenvalue weighted by atomic mass is 79.9. The van der Waals surface area contributed by atoms with Crippen LogP contribution in [0.5, 0.6) is 0 Å². The lowest BCUT2D eigenvalue weighted by Gasteiger charge is -2.10. The largest absolute Gasteiger partial charge is 0.465 e. The van der Waals surface area contributed by atoms with E-state index in [9.17, 15) is 4.79 Å². The molecule has 0 radical (unpaired) electrons. The second-order valence-electron chi connectivity index (χ2n) is 2.98. The molecule has 76 valence electrons. The van der Waals surface area contributed by atoms with Gasteiger partial charge in [-0.25, -0.2) is 4.79 Å². The summed E-state index contributed by atoms with van der Waals surface area (Å²) >= 11 is 9.32. The highest BCUT2D eigenvalue weighted by Gasteiger charge is 2.16. The van der Waals surface area contributed by atoms with E-state index < -0.39 is 0 Å². The smallest absolute Gasteiger partial charge is 0.338 e. The molecule has 0 aliphatic heterocycles. The summed E-state index contributed by atoms with van der Waals surface area (Å²) in [6.07, 6.45) is 0. The molecular weight excluding hydrogens is 267 g/mol. The minimum absolute atomic E-state index is 0.352. The lowest BCUT2D eigenvalue weighted by molar-refractivity contribution is 0.0599. The molecule has 1 rings (SSSR count). The topological polar surface area (TPSA) is 26.3 Å². The number of carbonyl (C=O) groups excluding carboxylic acids is 1. The molecule has 0 aliphatic carbocycles. The standard InChI is InChI=1S/C10H10BrClO2/c1-5-4-7(11)9(12)6(2)8(5)10(13)14-3/h4H,1-3H3. The molecule has 0 amide bonds. The molecule has 0 saturated carbocycles. The van der Waals surface area contributed by atoms with Gasteiger partial charge in [0, 0.05) is 4.47 Å². The van der Waals surface area contributed by atoms with Gasteiger partial charge in [0.25, 0.3) is 0 Å². The van der Waals surface area contributed by atoms with Crippen LogP contribution in [-0.4, -0.2) is 13.1 Å². The third kappa shape index (κ3) is 1.93. The van der Waals surface area contributed by atoms with Crippen LogP contribution >= 0.6 is 27.5 Å². The maximum atomic E-state index is 11.4. The monoisotopic (exact) mass is 276 g/mol. The number of methoxy groups -OCH3 is 1. The zero-order valence-corrected chi connectivity index (χ0v) is 10.5. The normalized spacial score (nSPS) is 10.1. The Morgan fingerprint density at radius 3 is 2.57 bits per heavy atom. The van der Waals surface area contributed by atoms with E-state index in [4.69, 9.17) is 11.6 Å². The van der Waals surface area contributed by atoms with Crippen LogP contribution < -0.4 is 0 Å². The average Bonchev–Trinajstić information content (AvgIpc) is 2.14. The molecule has 1 aromatic rings. The van der Waals surface area contributed by atoms with Crippen molar-refractivity contribution in [1.82, 2.24) is 0 Å². The quantitative estimate of drug-likeness (QED) is 0.734. The minimum Gasteiger partial charge on any atom is -0.465 e. The molecule has 0 saturated heterocycles. The number of rotatable bonds is 1. The van der Waals surface area contributed by atoms with Crippen molar-refractivity contribution in [1.29, 1.82) is 0 Å². The Hall–Kier alpha value is -0.540. The summed E-state index contributed by atoms with van der Waals surface area (Å²) in [5, 5.41) is 0.552. The molecule has 0 bridgehead atoms. The number of aryl methyl sites for hydroxylation is 1. The summed E-state index contributed by atoms with van der Waals surface area (Å²) in [5.41, 5.74) is 2.14. The number of halogens is 2. The molecule has 0 atom stereocenters. The molecule has 0 unspecified atom stereocenters. The van der Waals surface area contributed by atoms with Crippen molar-refractivity contribution < 1.29 is 9.53 Å². The molecule has 0 spiro atoms. The molecule has 0 aromatic heterocycles. The number of carbonyl (C=O) groups is 1. The van der Waals surface area contributed by atoms with Gasteiger partial charge in [-0.1, -0.05) is 11.6 Å². The van der Waals surface area contributed by atoms with Gasteiger partial charge in [-0.05, 0) is 47.0 Å². The number of benzene rings is 1. The van der Waals surface area contributed by atoms with E-state index in [1.807, 2.05) is 13.0 Å². The van der Waals surface area contributed by atoms with Gasteiger partial charge in [-0.3, -0.25) is 0 Å². The summed E-state index contributed by atoms with van der Waals surface area (Å²) in [6, 6.07) is 1.81. The van der Waals surface area contributed by atoms with Gasteiger partial charge in [-0.2, -0.15) is 0 Å². The van der Waals surface area contributed by atoms with E-state index in [0.29, 0.717) is 10.6 Å². The predicted molar refractivity (Wildman–Crippen MR) is 60.0 cm³/mol. The van der Waals surface area contributed by atoms with Crippen LogP contribution in [0.1, 0.15) is 21.5 Å². The minimum atomic E-state index is -0.352. The second-order valence-corrected chi connectivity index (χ2v) is 4.21. The zero-order chi connectivity index (χ0) is 10.9. The molecule has 0 aliphatic rings. The number of hydrogen-bond donors (Lipinski definition) is 0. The Bertz CT molecular complexity index is 388. The fourth-order valence-electron chi connectivity index (χ4n) is 1.33. The second kappa shape index (κ2) is 4.32. The molecule has 0 heterocycles. The number of hydrogen-bond acceptors (Lipinski definition) is 2. The van der Waals surface area contributed by atoms with Crippen molar-refractivity contribution >= 4 is 33.5 Å². The van der Waals surface area contributed by atoms with E-state index in [1.165, 1.54) is 7.11 Å². The van der Waals surface area contributed by atoms with E-state index in [2.05, 4.69) is 20.7 Å². The summed E-state index contributed by atoms with van der Waals surface area (Å²) in [6.45, 7) is 3.65. The van der Waals surface area contributed by atoms with E-state index in [1.54, 1.807) is 6.92 Å². The molecule has 0 fully saturated rings. The first-order valence-corrected chi connectivity index (χ1v) is 5.19. The van der Waals surface area contributed by atoms with Gasteiger partial charge in [0.15, 0.2) is 0 Å². The van der Waals surface area contributed by atoms with Crippen LogP contribution in [-0.2, 0) is 4.74 Å². The first kappa shape index (κ1) is 11.5. The van der Waals surface area contributed by atoms with Gasteiger partial charge in [0.05, 0.1) is 17.7 Å². The SMILES string of the molecule is COC(=O)c1c(C)cc(Br)c(Cl)c1C. The van der Waals surface area contributed by atoms with Crippen LogP contribution in [0.4, 0.5) is 0 Å². The molecule has 4 heteroatoms. The third-order valence-electron chi connectivity index (χ3n) is 2.04. The lowest BCUT2D eigenvalue weighted by atomic mass is 10.0. The van der Waals surface area contributed by atoms with Crippen molar-refractivity contribution in [2.45, 2.75) is 13.8 Å². The van der Waals surface area contributed by atoms with E-state index in [0.717, 1.165) is 15.6 Å². The summed E-state index contributed by atoms with van der Waals surface area (Å²) in [5.74, 6) is -0.352. The van der Waals surface area contributed by atoms with Gasteiger partial charge in [0.1, 0.15) is 0 Å². The van der Waals surface area contributed by atoms with Crippen molar-refractivity contribution in [2.75, 3.05) is 7.11 Å². The average molecular weight is 278 g/mol. The maximum Gasteiger partial charge on any atom is 0.338 e. The Morgan fingerprint density at radius 1 is 1.50 bits per heavy atom. The summed E-state index contributed by atoms with van der Waals surface area (Å²) in [4.78, 5) is 11.4. The molecule has 0 N–H and O–H groups in total. The number of ether oxygens (including phenoxy) is 1. The van der Waals surface area contributed by atoms with Crippen molar-refractivity contribution in [3.8, 4) is 0 Å². The molecule has 14 heavy (non-hydrogen) atoms. The van der Waals surface area contributed by atoms with Crippen molar-refractivity contribution in [3.05, 3.63) is 32.3 Å². The summed E-state index contributed by atoms with van der Waals surface area (Å²) < 4.78 is 5.47. The van der Waals surface area contributed by atoms with Crippen LogP contribution in [0.15, 0.2) is 10.5 Å². The maximum absolute atomic E-state index is 11.4. The van der Waals surface area contributed by atoms with Crippen LogP contribution in [0.25, 0.3) is 0 Å². The number of esters is 1. The Morgan fingerprint density at radius 2 is 2.07 bits per heavy atom. The van der Waals surface area contributed by atoms with Gasteiger partial charge >= 0.3 is 5.97 Å². The first-order chi connectivity index (χ1) is 6.49. The zero-order valence-electron chi connectivity index (χ0n) is 8.15. The van der Waals surface area contributed by atoms with Gasteiger partial charge in [-0.15, -0.1) is 0 Å². The highest BCUT2D eigenvalue weighted by Crippen LogP contribution is 2.31. The van der Waals surface area contributed by atoms with Gasteiger partial charge in [0.2, 0.25) is 0 Å². The Kier molecular flexibility index (Phi) is 3.56. The fourth-order valence-corrected chi connectivity index (χ4v) is 2.12. The molecule has 2 nitrogen and oxygen atoms in total. The fraction of sp³-hybridized carbons (Fsp3) is 0.300. The third-order valence-corrected chi connectivity index (χ3v) is 3.38.